The molecule has 0 aliphatic carbocycles. The van der Waals surface area contributed by atoms with Crippen molar-refractivity contribution in [3.63, 3.8) is 0 Å². The van der Waals surface area contributed by atoms with Crippen LogP contribution in [-0.2, 0) is 0 Å². The number of aliphatic hydroxyl groups excluding tert-OH is 1. The van der Waals surface area contributed by atoms with E-state index in [2.05, 4.69) is 5.32 Å². The molecule has 0 heterocycles. The molecule has 1 aromatic carbocycles. The van der Waals surface area contributed by atoms with Crippen molar-refractivity contribution in [2.75, 3.05) is 6.54 Å². The Morgan fingerprint density at radius 1 is 1.10 bits per heavy atom. The molecule has 0 bridgehead atoms. The van der Waals surface area contributed by atoms with Gasteiger partial charge in [-0.25, -0.2) is 0 Å². The maximum Gasteiger partial charge on any atom is 0.251 e. The van der Waals surface area contributed by atoms with Crippen LogP contribution in [0.4, 0.5) is 0 Å². The van der Waals surface area contributed by atoms with Gasteiger partial charge >= 0.3 is 0 Å². The molecular weight excluding hydrogens is 254 g/mol. The lowest BCUT2D eigenvalue weighted by molar-refractivity contribution is 0.0816. The number of benzene rings is 1. The summed E-state index contributed by atoms with van der Waals surface area (Å²) in [5.74, 6) is -0.0541. The lowest BCUT2D eigenvalue weighted by Crippen LogP contribution is -2.36. The van der Waals surface area contributed by atoms with Gasteiger partial charge in [0.1, 0.15) is 0 Å². The van der Waals surface area contributed by atoms with E-state index in [4.69, 9.17) is 0 Å². The molecule has 1 rings (SSSR count). The van der Waals surface area contributed by atoms with E-state index in [1.165, 1.54) is 6.92 Å². The summed E-state index contributed by atoms with van der Waals surface area (Å²) >= 11 is 0. The number of hydrogen-bond donors (Lipinski definition) is 2. The van der Waals surface area contributed by atoms with E-state index in [0.717, 1.165) is 12.8 Å². The summed E-state index contributed by atoms with van der Waals surface area (Å²) in [7, 11) is 0. The van der Waals surface area contributed by atoms with Crippen molar-refractivity contribution in [1.82, 2.24) is 5.32 Å². The van der Waals surface area contributed by atoms with Crippen molar-refractivity contribution in [3.8, 4) is 0 Å². The van der Waals surface area contributed by atoms with Gasteiger partial charge in [-0.05, 0) is 25.0 Å². The van der Waals surface area contributed by atoms with E-state index >= 15 is 0 Å². The van der Waals surface area contributed by atoms with Crippen molar-refractivity contribution in [1.29, 1.82) is 0 Å². The fourth-order valence-corrected chi connectivity index (χ4v) is 2.16. The third-order valence-corrected chi connectivity index (χ3v) is 3.62. The number of carbonyl (C=O) groups excluding carboxylic acids is 2. The summed E-state index contributed by atoms with van der Waals surface area (Å²) in [6, 6.07) is 6.51. The summed E-state index contributed by atoms with van der Waals surface area (Å²) in [6.45, 7) is 5.79. The highest BCUT2D eigenvalue weighted by atomic mass is 16.3. The van der Waals surface area contributed by atoms with Crippen molar-refractivity contribution < 1.29 is 14.7 Å². The normalized spacial score (nSPS) is 12.2. The summed E-state index contributed by atoms with van der Waals surface area (Å²) in [5, 5.41) is 12.7. The number of aliphatic hydroxyl groups is 1. The Morgan fingerprint density at radius 3 is 2.05 bits per heavy atom. The third-order valence-electron chi connectivity index (χ3n) is 3.62. The Morgan fingerprint density at radius 2 is 1.60 bits per heavy atom. The Bertz CT molecular complexity index is 449. The highest BCUT2D eigenvalue weighted by molar-refractivity contribution is 5.97. The fourth-order valence-electron chi connectivity index (χ4n) is 2.16. The van der Waals surface area contributed by atoms with Crippen LogP contribution in [0.1, 0.15) is 54.3 Å². The SMILES string of the molecule is CCC(CC)C(O)CNC(=O)c1ccc(C(C)=O)cc1. The van der Waals surface area contributed by atoms with Crippen molar-refractivity contribution in [2.24, 2.45) is 5.92 Å². The number of carbonyl (C=O) groups is 2. The Labute approximate surface area is 120 Å². The number of rotatable bonds is 7. The monoisotopic (exact) mass is 277 g/mol. The predicted molar refractivity (Wildman–Crippen MR) is 78.9 cm³/mol. The second-order valence-electron chi connectivity index (χ2n) is 4.99. The van der Waals surface area contributed by atoms with Gasteiger partial charge in [-0.15, -0.1) is 0 Å². The third kappa shape index (κ3) is 4.46. The molecule has 1 aromatic rings. The highest BCUT2D eigenvalue weighted by Gasteiger charge is 2.16. The van der Waals surface area contributed by atoms with Crippen molar-refractivity contribution >= 4 is 11.7 Å². The predicted octanol–water partition coefficient (Wildman–Crippen LogP) is 2.42. The molecule has 4 nitrogen and oxygen atoms in total. The minimum Gasteiger partial charge on any atom is -0.391 e. The maximum absolute atomic E-state index is 11.9. The minimum atomic E-state index is -0.523. The van der Waals surface area contributed by atoms with Gasteiger partial charge in [0.2, 0.25) is 0 Å². The summed E-state index contributed by atoms with van der Waals surface area (Å²) in [6.07, 6.45) is 1.26. The first-order valence-corrected chi connectivity index (χ1v) is 7.06. The molecule has 110 valence electrons. The summed E-state index contributed by atoms with van der Waals surface area (Å²) in [5.41, 5.74) is 1.07. The summed E-state index contributed by atoms with van der Waals surface area (Å²) < 4.78 is 0. The first-order chi connectivity index (χ1) is 9.49. The first-order valence-electron chi connectivity index (χ1n) is 7.06. The lowest BCUT2D eigenvalue weighted by Gasteiger charge is -2.20. The molecule has 4 heteroatoms. The maximum atomic E-state index is 11.9. The van der Waals surface area contributed by atoms with Gasteiger partial charge in [-0.3, -0.25) is 9.59 Å². The lowest BCUT2D eigenvalue weighted by atomic mass is 9.96. The minimum absolute atomic E-state index is 0.0267. The van der Waals surface area contributed by atoms with Crippen LogP contribution in [0.25, 0.3) is 0 Å². The quantitative estimate of drug-likeness (QED) is 0.752. The average molecular weight is 277 g/mol. The van der Waals surface area contributed by atoms with Crippen LogP contribution in [0.2, 0.25) is 0 Å². The van der Waals surface area contributed by atoms with Crippen LogP contribution >= 0.6 is 0 Å². The Kier molecular flexibility index (Phi) is 6.39. The molecule has 0 saturated heterocycles. The van der Waals surface area contributed by atoms with Gasteiger partial charge < -0.3 is 10.4 Å². The van der Waals surface area contributed by atoms with Gasteiger partial charge in [0, 0.05) is 17.7 Å². The molecule has 0 fully saturated rings. The fraction of sp³-hybridized carbons (Fsp3) is 0.500. The van der Waals surface area contributed by atoms with E-state index in [-0.39, 0.29) is 24.2 Å². The van der Waals surface area contributed by atoms with Crippen LogP contribution in [0.15, 0.2) is 24.3 Å². The van der Waals surface area contributed by atoms with Crippen molar-refractivity contribution in [2.45, 2.75) is 39.7 Å². The molecule has 0 saturated carbocycles. The average Bonchev–Trinajstić information content (AvgIpc) is 2.46. The standard InChI is InChI=1S/C16H23NO3/c1-4-12(5-2)15(19)10-17-16(20)14-8-6-13(7-9-14)11(3)18/h6-9,12,15,19H,4-5,10H2,1-3H3,(H,17,20). The van der Waals surface area contributed by atoms with Gasteiger partial charge in [-0.2, -0.15) is 0 Å². The first kappa shape index (κ1) is 16.4. The summed E-state index contributed by atoms with van der Waals surface area (Å²) in [4.78, 5) is 23.1. The second kappa shape index (κ2) is 7.80. The van der Waals surface area contributed by atoms with Gasteiger partial charge in [-0.1, -0.05) is 38.8 Å². The number of amides is 1. The van der Waals surface area contributed by atoms with Crippen LogP contribution in [0.5, 0.6) is 0 Å². The van der Waals surface area contributed by atoms with Crippen LogP contribution in [-0.4, -0.2) is 29.4 Å². The van der Waals surface area contributed by atoms with E-state index < -0.39 is 6.10 Å². The smallest absolute Gasteiger partial charge is 0.251 e. The Balaban J connectivity index is 2.56. The van der Waals surface area contributed by atoms with Crippen LogP contribution in [0, 0.1) is 5.92 Å². The largest absolute Gasteiger partial charge is 0.391 e. The zero-order valence-electron chi connectivity index (χ0n) is 12.3. The molecule has 0 aromatic heterocycles. The molecule has 0 aliphatic rings. The van der Waals surface area contributed by atoms with Gasteiger partial charge in [0.15, 0.2) is 5.78 Å². The number of hydrogen-bond acceptors (Lipinski definition) is 3. The molecule has 0 spiro atoms. The number of nitrogens with one attached hydrogen (secondary N) is 1. The second-order valence-corrected chi connectivity index (χ2v) is 4.99. The zero-order chi connectivity index (χ0) is 15.1. The molecular formula is C16H23NO3. The van der Waals surface area contributed by atoms with Crippen LogP contribution in [0.3, 0.4) is 0 Å². The van der Waals surface area contributed by atoms with E-state index in [9.17, 15) is 14.7 Å². The number of ketones is 1. The van der Waals surface area contributed by atoms with Gasteiger partial charge in [0.05, 0.1) is 6.10 Å². The molecule has 0 radical (unpaired) electrons. The molecule has 2 N–H and O–H groups in total. The number of Topliss-reactive ketones (excluding diaryl/α,β-unsaturated/α-hetero) is 1. The molecule has 20 heavy (non-hydrogen) atoms. The van der Waals surface area contributed by atoms with E-state index in [1.807, 2.05) is 13.8 Å². The highest BCUT2D eigenvalue weighted by Crippen LogP contribution is 2.12. The van der Waals surface area contributed by atoms with E-state index in [1.54, 1.807) is 24.3 Å². The Hall–Kier alpha value is -1.68. The molecule has 1 unspecified atom stereocenters. The molecule has 0 aliphatic heterocycles. The van der Waals surface area contributed by atoms with E-state index in [0.29, 0.717) is 11.1 Å². The topological polar surface area (TPSA) is 66.4 Å². The molecule has 1 atom stereocenters. The van der Waals surface area contributed by atoms with Crippen LogP contribution < -0.4 is 5.32 Å². The van der Waals surface area contributed by atoms with Gasteiger partial charge in [0.25, 0.3) is 5.91 Å². The molecule has 1 amide bonds. The zero-order valence-corrected chi connectivity index (χ0v) is 12.3. The van der Waals surface area contributed by atoms with Crippen molar-refractivity contribution in [3.05, 3.63) is 35.4 Å².